The van der Waals surface area contributed by atoms with Crippen molar-refractivity contribution in [3.63, 3.8) is 0 Å². The summed E-state index contributed by atoms with van der Waals surface area (Å²) in [6.45, 7) is 0.198. The molecule has 1 aromatic heterocycles. The van der Waals surface area contributed by atoms with Gasteiger partial charge in [-0.2, -0.15) is 4.99 Å². The zero-order valence-electron chi connectivity index (χ0n) is 15.5. The second-order valence-corrected chi connectivity index (χ2v) is 9.67. The first-order chi connectivity index (χ1) is 13.9. The molecule has 0 aliphatic carbocycles. The molecule has 0 fully saturated rings. The summed E-state index contributed by atoms with van der Waals surface area (Å²) in [5.41, 5.74) is 1.42. The second-order valence-electron chi connectivity index (χ2n) is 6.47. The van der Waals surface area contributed by atoms with Crippen molar-refractivity contribution in [1.29, 1.82) is 0 Å². The minimum atomic E-state index is -3.31. The molecule has 1 heterocycles. The minimum Gasteiger partial charge on any atom is -0.305 e. The molecule has 1 amide bonds. The number of fused-ring (bicyclic) bond motifs is 1. The Kier molecular flexibility index (Phi) is 6.62. The number of hydrogen-bond donors (Lipinski definition) is 0. The average molecular weight is 431 g/mol. The van der Waals surface area contributed by atoms with Gasteiger partial charge in [0.1, 0.15) is 5.82 Å². The summed E-state index contributed by atoms with van der Waals surface area (Å²) in [6.07, 6.45) is 5.59. The maximum Gasteiger partial charge on any atom is 0.248 e. The molecule has 0 saturated heterocycles. The maximum atomic E-state index is 13.5. The summed E-state index contributed by atoms with van der Waals surface area (Å²) in [4.78, 5) is 16.7. The first-order valence-electron chi connectivity index (χ1n) is 8.92. The SMILES string of the molecule is C#CCn1c(=NC(=O)CCCS(=O)(=O)Cc2ccccc2)sc2cc(F)ccc21. The lowest BCUT2D eigenvalue weighted by Crippen LogP contribution is -2.17. The summed E-state index contributed by atoms with van der Waals surface area (Å²) < 4.78 is 40.2. The molecular formula is C21H19FN2O3S2. The Morgan fingerprint density at radius 3 is 2.69 bits per heavy atom. The molecule has 150 valence electrons. The van der Waals surface area contributed by atoms with Crippen LogP contribution < -0.4 is 4.80 Å². The number of hydrogen-bond acceptors (Lipinski definition) is 4. The Bertz CT molecular complexity index is 1240. The van der Waals surface area contributed by atoms with E-state index in [2.05, 4.69) is 10.9 Å². The molecule has 3 rings (SSSR count). The van der Waals surface area contributed by atoms with Crippen LogP contribution in [0, 0.1) is 18.2 Å². The Morgan fingerprint density at radius 1 is 1.21 bits per heavy atom. The lowest BCUT2D eigenvalue weighted by Gasteiger charge is -2.03. The van der Waals surface area contributed by atoms with E-state index in [1.54, 1.807) is 34.9 Å². The van der Waals surface area contributed by atoms with Crippen LogP contribution in [0.5, 0.6) is 0 Å². The first-order valence-corrected chi connectivity index (χ1v) is 11.6. The third-order valence-corrected chi connectivity index (χ3v) is 6.91. The molecule has 0 aliphatic heterocycles. The topological polar surface area (TPSA) is 68.5 Å². The Labute approximate surface area is 172 Å². The standard InChI is InChI=1S/C21H19FN2O3S2/c1-2-12-24-18-11-10-17(22)14-19(18)28-21(24)23-20(25)9-6-13-29(26,27)15-16-7-4-3-5-8-16/h1,3-5,7-8,10-11,14H,6,9,12-13,15H2. The number of thiazole rings is 1. The van der Waals surface area contributed by atoms with Crippen molar-refractivity contribution in [2.75, 3.05) is 5.75 Å². The Balaban J connectivity index is 1.69. The van der Waals surface area contributed by atoms with Gasteiger partial charge < -0.3 is 4.57 Å². The molecule has 3 aromatic rings. The molecule has 0 radical (unpaired) electrons. The molecule has 0 spiro atoms. The van der Waals surface area contributed by atoms with Gasteiger partial charge in [0.15, 0.2) is 14.6 Å². The molecule has 0 bridgehead atoms. The minimum absolute atomic E-state index is 0.00663. The van der Waals surface area contributed by atoms with Crippen molar-refractivity contribution in [1.82, 2.24) is 4.57 Å². The van der Waals surface area contributed by atoms with Gasteiger partial charge >= 0.3 is 0 Å². The number of carbonyl (C=O) groups excluding carboxylic acids is 1. The van der Waals surface area contributed by atoms with Crippen LogP contribution in [0.1, 0.15) is 18.4 Å². The molecular weight excluding hydrogens is 411 g/mol. The number of terminal acetylenes is 1. The molecule has 5 nitrogen and oxygen atoms in total. The van der Waals surface area contributed by atoms with E-state index in [0.29, 0.717) is 15.0 Å². The molecule has 8 heteroatoms. The number of aromatic nitrogens is 1. The van der Waals surface area contributed by atoms with Gasteiger partial charge in [0.05, 0.1) is 28.3 Å². The van der Waals surface area contributed by atoms with Gasteiger partial charge in [0.2, 0.25) is 5.91 Å². The quantitative estimate of drug-likeness (QED) is 0.540. The molecule has 0 N–H and O–H groups in total. The van der Waals surface area contributed by atoms with Crippen molar-refractivity contribution in [3.8, 4) is 12.3 Å². The summed E-state index contributed by atoms with van der Waals surface area (Å²) >= 11 is 1.17. The van der Waals surface area contributed by atoms with E-state index in [4.69, 9.17) is 6.42 Å². The normalized spacial score (nSPS) is 12.2. The van der Waals surface area contributed by atoms with Crippen LogP contribution in [0.3, 0.4) is 0 Å². The number of benzene rings is 2. The predicted molar refractivity (Wildman–Crippen MR) is 112 cm³/mol. The van der Waals surface area contributed by atoms with Crippen molar-refractivity contribution in [2.45, 2.75) is 25.1 Å². The van der Waals surface area contributed by atoms with E-state index in [1.807, 2.05) is 6.07 Å². The average Bonchev–Trinajstić information content (AvgIpc) is 2.98. The van der Waals surface area contributed by atoms with Crippen LogP contribution in [-0.4, -0.2) is 24.6 Å². The van der Waals surface area contributed by atoms with Crippen molar-refractivity contribution in [3.05, 3.63) is 64.7 Å². The molecule has 0 atom stereocenters. The molecule has 0 unspecified atom stereocenters. The summed E-state index contributed by atoms with van der Waals surface area (Å²) in [5.74, 6) is 1.54. The predicted octanol–water partition coefficient (Wildman–Crippen LogP) is 3.30. The highest BCUT2D eigenvalue weighted by Gasteiger charge is 2.13. The van der Waals surface area contributed by atoms with Crippen molar-refractivity contribution >= 4 is 37.3 Å². The molecule has 29 heavy (non-hydrogen) atoms. The fourth-order valence-electron chi connectivity index (χ4n) is 2.88. The monoisotopic (exact) mass is 430 g/mol. The third kappa shape index (κ3) is 5.62. The zero-order chi connectivity index (χ0) is 20.9. The molecule has 2 aromatic carbocycles. The fraction of sp³-hybridized carbons (Fsp3) is 0.238. The second kappa shape index (κ2) is 9.16. The van der Waals surface area contributed by atoms with Crippen LogP contribution in [-0.2, 0) is 26.9 Å². The van der Waals surface area contributed by atoms with Crippen molar-refractivity contribution < 1.29 is 17.6 Å². The third-order valence-electron chi connectivity index (χ3n) is 4.19. The van der Waals surface area contributed by atoms with E-state index in [1.165, 1.54) is 23.5 Å². The number of amides is 1. The largest absolute Gasteiger partial charge is 0.305 e. The Morgan fingerprint density at radius 2 is 1.97 bits per heavy atom. The van der Waals surface area contributed by atoms with Crippen LogP contribution in [0.15, 0.2) is 53.5 Å². The van der Waals surface area contributed by atoms with E-state index in [0.717, 1.165) is 5.56 Å². The highest BCUT2D eigenvalue weighted by atomic mass is 32.2. The van der Waals surface area contributed by atoms with Crippen molar-refractivity contribution in [2.24, 2.45) is 4.99 Å². The zero-order valence-corrected chi connectivity index (χ0v) is 17.2. The maximum absolute atomic E-state index is 13.5. The van der Waals surface area contributed by atoms with Gasteiger partial charge in [-0.15, -0.1) is 6.42 Å². The first kappa shape index (κ1) is 21.0. The van der Waals surface area contributed by atoms with E-state index < -0.39 is 15.7 Å². The van der Waals surface area contributed by atoms with Crippen LogP contribution in [0.25, 0.3) is 10.2 Å². The van der Waals surface area contributed by atoms with Gasteiger partial charge in [-0.3, -0.25) is 4.79 Å². The smallest absolute Gasteiger partial charge is 0.248 e. The van der Waals surface area contributed by atoms with Crippen LogP contribution >= 0.6 is 11.3 Å². The number of rotatable bonds is 7. The van der Waals surface area contributed by atoms with Gasteiger partial charge in [0.25, 0.3) is 0 Å². The Hall–Kier alpha value is -2.76. The van der Waals surface area contributed by atoms with Gasteiger partial charge in [0, 0.05) is 6.42 Å². The fourth-order valence-corrected chi connectivity index (χ4v) is 5.38. The number of nitrogens with zero attached hydrogens (tertiary/aromatic N) is 2. The molecule has 0 aliphatic rings. The van der Waals surface area contributed by atoms with Gasteiger partial charge in [-0.1, -0.05) is 47.6 Å². The summed E-state index contributed by atoms with van der Waals surface area (Å²) in [7, 11) is -3.31. The number of halogens is 1. The van der Waals surface area contributed by atoms with Gasteiger partial charge in [-0.25, -0.2) is 12.8 Å². The van der Waals surface area contributed by atoms with Crippen LogP contribution in [0.4, 0.5) is 4.39 Å². The van der Waals surface area contributed by atoms with E-state index >= 15 is 0 Å². The highest BCUT2D eigenvalue weighted by Crippen LogP contribution is 2.18. The van der Waals surface area contributed by atoms with Gasteiger partial charge in [-0.05, 0) is 30.2 Å². The highest BCUT2D eigenvalue weighted by molar-refractivity contribution is 7.90. The lowest BCUT2D eigenvalue weighted by atomic mass is 10.2. The summed E-state index contributed by atoms with van der Waals surface area (Å²) in [5, 5.41) is 0. The van der Waals surface area contributed by atoms with E-state index in [9.17, 15) is 17.6 Å². The van der Waals surface area contributed by atoms with E-state index in [-0.39, 0.29) is 36.7 Å². The number of carbonyl (C=O) groups is 1. The molecule has 0 saturated carbocycles. The number of sulfone groups is 1. The lowest BCUT2D eigenvalue weighted by molar-refractivity contribution is -0.118. The van der Waals surface area contributed by atoms with Crippen LogP contribution in [0.2, 0.25) is 0 Å². The summed E-state index contributed by atoms with van der Waals surface area (Å²) in [6, 6.07) is 13.2.